The molecule has 8 nitrogen and oxygen atoms in total. The fraction of sp³-hybridized carbons (Fsp3) is 0.222. The monoisotopic (exact) mass is 386 g/mol. The first-order valence-electron chi connectivity index (χ1n) is 8.18. The molecule has 0 saturated carbocycles. The number of carbonyl (C=O) groups is 1. The van der Waals surface area contributed by atoms with E-state index in [9.17, 15) is 9.59 Å². The molecule has 0 radical (unpaired) electrons. The quantitative estimate of drug-likeness (QED) is 0.719. The number of pyridine rings is 1. The van der Waals surface area contributed by atoms with Crippen molar-refractivity contribution in [3.05, 3.63) is 57.5 Å². The summed E-state index contributed by atoms with van der Waals surface area (Å²) in [6.07, 6.45) is 1.55. The van der Waals surface area contributed by atoms with Gasteiger partial charge in [0.1, 0.15) is 5.82 Å². The molecular weight excluding hydrogens is 368 g/mol. The Kier molecular flexibility index (Phi) is 5.27. The summed E-state index contributed by atoms with van der Waals surface area (Å²) in [5.41, 5.74) is 1.04. The largest absolute Gasteiger partial charge is 0.350 e. The van der Waals surface area contributed by atoms with Crippen molar-refractivity contribution in [2.45, 2.75) is 6.54 Å². The van der Waals surface area contributed by atoms with E-state index in [0.717, 1.165) is 10.9 Å². The average Bonchev–Trinajstić information content (AvgIpc) is 2.65. The fourth-order valence-electron chi connectivity index (χ4n) is 2.55. The fourth-order valence-corrected chi connectivity index (χ4v) is 2.73. The number of halogens is 1. The average molecular weight is 387 g/mol. The third-order valence-corrected chi connectivity index (χ3v) is 4.21. The van der Waals surface area contributed by atoms with E-state index in [1.807, 2.05) is 0 Å². The van der Waals surface area contributed by atoms with Crippen LogP contribution in [0.15, 0.2) is 41.3 Å². The molecule has 3 aromatic rings. The Labute approximate surface area is 160 Å². The van der Waals surface area contributed by atoms with Crippen molar-refractivity contribution in [2.75, 3.05) is 31.4 Å². The zero-order valence-corrected chi connectivity index (χ0v) is 15.9. The predicted molar refractivity (Wildman–Crippen MR) is 106 cm³/mol. The highest BCUT2D eigenvalue weighted by atomic mass is 35.5. The molecule has 0 fully saturated rings. The maximum atomic E-state index is 12.3. The molecule has 0 unspecified atom stereocenters. The highest BCUT2D eigenvalue weighted by molar-refractivity contribution is 6.31. The lowest BCUT2D eigenvalue weighted by atomic mass is 10.1. The van der Waals surface area contributed by atoms with Crippen LogP contribution in [0.5, 0.6) is 0 Å². The lowest BCUT2D eigenvalue weighted by Gasteiger charge is -2.21. The zero-order chi connectivity index (χ0) is 19.6. The summed E-state index contributed by atoms with van der Waals surface area (Å²) < 4.78 is 0. The van der Waals surface area contributed by atoms with Crippen LogP contribution in [-0.4, -0.2) is 47.0 Å². The minimum Gasteiger partial charge on any atom is -0.350 e. The number of H-pyrrole nitrogens is 1. The molecule has 2 aromatic heterocycles. The van der Waals surface area contributed by atoms with Gasteiger partial charge < -0.3 is 15.2 Å². The van der Waals surface area contributed by atoms with Gasteiger partial charge in [0.2, 0.25) is 5.95 Å². The summed E-state index contributed by atoms with van der Waals surface area (Å²) in [6, 6.07) is 8.48. The first kappa shape index (κ1) is 18.7. The first-order valence-corrected chi connectivity index (χ1v) is 8.56. The Balaban J connectivity index is 1.80. The molecule has 27 heavy (non-hydrogen) atoms. The van der Waals surface area contributed by atoms with Crippen molar-refractivity contribution in [1.82, 2.24) is 19.9 Å². The minimum atomic E-state index is -0.206. The second-order valence-electron chi connectivity index (χ2n) is 6.18. The molecule has 2 amide bonds. The van der Waals surface area contributed by atoms with Crippen LogP contribution in [0.25, 0.3) is 10.9 Å². The van der Waals surface area contributed by atoms with Gasteiger partial charge in [0.25, 0.3) is 5.56 Å². The van der Waals surface area contributed by atoms with Gasteiger partial charge >= 0.3 is 6.03 Å². The minimum absolute atomic E-state index is 0.201. The number of aromatic nitrogens is 3. The number of fused-ring (bicyclic) bond motifs is 1. The van der Waals surface area contributed by atoms with Crippen LogP contribution in [0.3, 0.4) is 0 Å². The number of amides is 2. The van der Waals surface area contributed by atoms with Crippen LogP contribution in [0.2, 0.25) is 5.02 Å². The number of urea groups is 1. The number of nitrogens with one attached hydrogen (secondary N) is 2. The molecule has 0 spiro atoms. The molecule has 0 saturated heterocycles. The number of rotatable bonds is 4. The number of carbonyl (C=O) groups excluding carboxylic acids is 1. The van der Waals surface area contributed by atoms with E-state index in [-0.39, 0.29) is 18.1 Å². The van der Waals surface area contributed by atoms with Crippen molar-refractivity contribution < 1.29 is 4.79 Å². The predicted octanol–water partition coefficient (Wildman–Crippen LogP) is 2.70. The lowest BCUT2D eigenvalue weighted by molar-refractivity contribution is 0.225. The normalized spacial score (nSPS) is 10.7. The molecule has 9 heteroatoms. The molecule has 1 aromatic carbocycles. The van der Waals surface area contributed by atoms with Gasteiger partial charge in [-0.15, -0.1) is 0 Å². The van der Waals surface area contributed by atoms with Gasteiger partial charge in [-0.2, -0.15) is 4.98 Å². The van der Waals surface area contributed by atoms with E-state index in [2.05, 4.69) is 20.3 Å². The van der Waals surface area contributed by atoms with Gasteiger partial charge in [-0.1, -0.05) is 11.6 Å². The third kappa shape index (κ3) is 4.17. The maximum Gasteiger partial charge on any atom is 0.324 e. The number of anilines is 2. The van der Waals surface area contributed by atoms with Crippen LogP contribution in [0.1, 0.15) is 5.56 Å². The molecule has 2 N–H and O–H groups in total. The van der Waals surface area contributed by atoms with Crippen LogP contribution in [0.4, 0.5) is 16.6 Å². The maximum absolute atomic E-state index is 12.3. The van der Waals surface area contributed by atoms with Crippen LogP contribution in [-0.2, 0) is 6.54 Å². The molecule has 0 atom stereocenters. The van der Waals surface area contributed by atoms with Crippen molar-refractivity contribution in [3.63, 3.8) is 0 Å². The Morgan fingerprint density at radius 2 is 2.00 bits per heavy atom. The Hall–Kier alpha value is -3.13. The third-order valence-electron chi connectivity index (χ3n) is 3.97. The highest BCUT2D eigenvalue weighted by Gasteiger charge is 2.14. The summed E-state index contributed by atoms with van der Waals surface area (Å²) in [7, 11) is 4.96. The van der Waals surface area contributed by atoms with Gasteiger partial charge in [-0.3, -0.25) is 9.69 Å². The summed E-state index contributed by atoms with van der Waals surface area (Å²) in [6.45, 7) is 0.229. The number of hydrogen-bond acceptors (Lipinski definition) is 5. The number of aromatic amines is 1. The van der Waals surface area contributed by atoms with E-state index in [1.54, 1.807) is 57.7 Å². The molecule has 0 aliphatic carbocycles. The van der Waals surface area contributed by atoms with Gasteiger partial charge in [-0.05, 0) is 30.3 Å². The smallest absolute Gasteiger partial charge is 0.324 e. The summed E-state index contributed by atoms with van der Waals surface area (Å²) in [5, 5.41) is 4.45. The van der Waals surface area contributed by atoms with Crippen molar-refractivity contribution >= 4 is 40.3 Å². The SMILES string of the molecule is CN(C)C(=O)N(C)c1ccnc(NCc2cc3cc(Cl)ccc3[nH]c2=O)n1. The molecule has 0 bridgehead atoms. The van der Waals surface area contributed by atoms with Crippen LogP contribution < -0.4 is 15.8 Å². The second-order valence-corrected chi connectivity index (χ2v) is 6.62. The van der Waals surface area contributed by atoms with E-state index in [0.29, 0.717) is 22.4 Å². The van der Waals surface area contributed by atoms with Gasteiger partial charge in [0.05, 0.1) is 0 Å². The van der Waals surface area contributed by atoms with Crippen LogP contribution >= 0.6 is 11.6 Å². The number of hydrogen-bond donors (Lipinski definition) is 2. The number of benzene rings is 1. The first-order chi connectivity index (χ1) is 12.8. The molecule has 0 aliphatic rings. The summed E-state index contributed by atoms with van der Waals surface area (Å²) >= 11 is 6.02. The van der Waals surface area contributed by atoms with Gasteiger partial charge in [0.15, 0.2) is 0 Å². The molecule has 140 valence electrons. The van der Waals surface area contributed by atoms with Gasteiger partial charge in [0, 0.05) is 55.4 Å². The summed E-state index contributed by atoms with van der Waals surface area (Å²) in [5.74, 6) is 0.766. The Morgan fingerprint density at radius 3 is 2.74 bits per heavy atom. The van der Waals surface area contributed by atoms with E-state index in [1.165, 1.54) is 9.80 Å². The van der Waals surface area contributed by atoms with Crippen LogP contribution in [0, 0.1) is 0 Å². The lowest BCUT2D eigenvalue weighted by Crippen LogP contribution is -2.36. The van der Waals surface area contributed by atoms with Crippen molar-refractivity contribution in [2.24, 2.45) is 0 Å². The van der Waals surface area contributed by atoms with E-state index in [4.69, 9.17) is 11.6 Å². The topological polar surface area (TPSA) is 94.2 Å². The molecule has 2 heterocycles. The number of nitrogens with zero attached hydrogens (tertiary/aromatic N) is 4. The van der Waals surface area contributed by atoms with Crippen molar-refractivity contribution in [3.8, 4) is 0 Å². The second kappa shape index (κ2) is 7.63. The standard InChI is InChI=1S/C18H19ClN6O2/c1-24(2)18(27)25(3)15-6-7-20-17(23-15)21-10-12-8-11-9-13(19)4-5-14(11)22-16(12)26/h4-9H,10H2,1-3H3,(H,22,26)(H,20,21,23). The van der Waals surface area contributed by atoms with E-state index >= 15 is 0 Å². The zero-order valence-electron chi connectivity index (χ0n) is 15.2. The molecular formula is C18H19ClN6O2. The van der Waals surface area contributed by atoms with E-state index < -0.39 is 0 Å². The highest BCUT2D eigenvalue weighted by Crippen LogP contribution is 2.18. The Morgan fingerprint density at radius 1 is 1.22 bits per heavy atom. The Bertz CT molecular complexity index is 1050. The molecule has 3 rings (SSSR count). The summed E-state index contributed by atoms with van der Waals surface area (Å²) in [4.78, 5) is 38.4. The molecule has 0 aliphatic heterocycles. The van der Waals surface area contributed by atoms with Gasteiger partial charge in [-0.25, -0.2) is 9.78 Å². The van der Waals surface area contributed by atoms with Crippen molar-refractivity contribution in [1.29, 1.82) is 0 Å².